The number of halogens is 2. The van der Waals surface area contributed by atoms with Gasteiger partial charge in [0.1, 0.15) is 11.6 Å². The van der Waals surface area contributed by atoms with Crippen LogP contribution < -0.4 is 10.1 Å². The minimum Gasteiger partial charge on any atom is -0.455 e. The maximum Gasteiger partial charge on any atom is 0.247 e. The van der Waals surface area contributed by atoms with Crippen molar-refractivity contribution < 1.29 is 13.5 Å². The minimum absolute atomic E-state index is 0.293. The largest absolute Gasteiger partial charge is 0.455 e. The number of hydrogen-bond acceptors (Lipinski definition) is 7. The smallest absolute Gasteiger partial charge is 0.247 e. The van der Waals surface area contributed by atoms with E-state index in [1.807, 2.05) is 30.3 Å². The summed E-state index contributed by atoms with van der Waals surface area (Å²) in [6.07, 6.45) is 1.54. The van der Waals surface area contributed by atoms with Gasteiger partial charge in [-0.05, 0) is 61.0 Å². The highest BCUT2D eigenvalue weighted by molar-refractivity contribution is 9.10. The maximum atomic E-state index is 13.3. The first-order valence-electron chi connectivity index (χ1n) is 10.6. The molecule has 0 radical (unpaired) electrons. The molecule has 9 heteroatoms. The highest BCUT2D eigenvalue weighted by Crippen LogP contribution is 2.41. The SMILES string of the molecule is CCCCSc1nnc2c(n1)O[C@@H](c1ccc(-c3ccc(F)cc3)o1)Nc1ccc(Br)cc1-2. The Hall–Kier alpha value is -2.91. The van der Waals surface area contributed by atoms with E-state index in [0.29, 0.717) is 28.3 Å². The van der Waals surface area contributed by atoms with Crippen molar-refractivity contribution in [1.29, 1.82) is 0 Å². The Morgan fingerprint density at radius 3 is 2.76 bits per heavy atom. The quantitative estimate of drug-likeness (QED) is 0.212. The lowest BCUT2D eigenvalue weighted by atomic mass is 10.1. The summed E-state index contributed by atoms with van der Waals surface area (Å²) in [5.74, 6) is 2.19. The van der Waals surface area contributed by atoms with E-state index in [4.69, 9.17) is 9.15 Å². The highest BCUT2D eigenvalue weighted by Gasteiger charge is 2.28. The molecule has 3 heterocycles. The Morgan fingerprint density at radius 2 is 1.94 bits per heavy atom. The summed E-state index contributed by atoms with van der Waals surface area (Å²) in [5, 5.41) is 12.7. The van der Waals surface area contributed by atoms with Crippen molar-refractivity contribution in [3.63, 3.8) is 0 Å². The first kappa shape index (κ1) is 21.9. The number of unbranched alkanes of at least 4 members (excludes halogenated alkanes) is 1. The van der Waals surface area contributed by atoms with Crippen molar-refractivity contribution in [2.45, 2.75) is 31.1 Å². The molecule has 0 bridgehead atoms. The minimum atomic E-state index is -0.634. The summed E-state index contributed by atoms with van der Waals surface area (Å²) in [5.41, 5.74) is 2.99. The summed E-state index contributed by atoms with van der Waals surface area (Å²) >= 11 is 5.09. The van der Waals surface area contributed by atoms with Gasteiger partial charge in [-0.2, -0.15) is 4.98 Å². The fourth-order valence-electron chi connectivity index (χ4n) is 3.43. The molecule has 0 amide bonds. The predicted molar refractivity (Wildman–Crippen MR) is 130 cm³/mol. The average molecular weight is 527 g/mol. The molecule has 168 valence electrons. The zero-order valence-electron chi connectivity index (χ0n) is 17.7. The number of nitrogens with one attached hydrogen (secondary N) is 1. The Balaban J connectivity index is 1.51. The van der Waals surface area contributed by atoms with Crippen LogP contribution in [0, 0.1) is 5.82 Å². The van der Waals surface area contributed by atoms with E-state index in [9.17, 15) is 4.39 Å². The fourth-order valence-corrected chi connectivity index (χ4v) is 4.65. The summed E-state index contributed by atoms with van der Waals surface area (Å²) in [7, 11) is 0. The van der Waals surface area contributed by atoms with E-state index in [-0.39, 0.29) is 5.82 Å². The van der Waals surface area contributed by atoms with Gasteiger partial charge in [0.25, 0.3) is 0 Å². The van der Waals surface area contributed by atoms with Crippen molar-refractivity contribution >= 4 is 33.4 Å². The Bertz CT molecular complexity index is 1280. The van der Waals surface area contributed by atoms with Crippen molar-refractivity contribution in [1.82, 2.24) is 15.2 Å². The van der Waals surface area contributed by atoms with Crippen LogP contribution in [0.2, 0.25) is 0 Å². The average Bonchev–Trinajstić information content (AvgIpc) is 3.25. The number of benzene rings is 2. The van der Waals surface area contributed by atoms with Gasteiger partial charge in [0, 0.05) is 27.0 Å². The molecule has 2 aromatic carbocycles. The molecular weight excluding hydrogens is 507 g/mol. The van der Waals surface area contributed by atoms with Crippen LogP contribution in [0.3, 0.4) is 0 Å². The normalized spacial score (nSPS) is 14.6. The molecule has 0 aliphatic carbocycles. The monoisotopic (exact) mass is 526 g/mol. The van der Waals surface area contributed by atoms with E-state index in [1.165, 1.54) is 12.1 Å². The van der Waals surface area contributed by atoms with Gasteiger partial charge in [0.05, 0.1) is 0 Å². The third-order valence-electron chi connectivity index (χ3n) is 5.13. The van der Waals surface area contributed by atoms with Crippen molar-refractivity contribution in [3.05, 3.63) is 70.6 Å². The van der Waals surface area contributed by atoms with Gasteiger partial charge in [-0.15, -0.1) is 10.2 Å². The number of hydrogen-bond donors (Lipinski definition) is 1. The molecule has 1 aliphatic heterocycles. The van der Waals surface area contributed by atoms with Crippen LogP contribution >= 0.6 is 27.7 Å². The molecule has 1 N–H and O–H groups in total. The van der Waals surface area contributed by atoms with E-state index in [1.54, 1.807) is 23.9 Å². The van der Waals surface area contributed by atoms with E-state index < -0.39 is 6.23 Å². The van der Waals surface area contributed by atoms with Crippen LogP contribution in [0.15, 0.2) is 68.6 Å². The lowest BCUT2D eigenvalue weighted by Gasteiger charge is -2.16. The van der Waals surface area contributed by atoms with Gasteiger partial charge in [-0.25, -0.2) is 4.39 Å². The molecule has 0 saturated carbocycles. The second-order valence-corrected chi connectivity index (χ2v) is 9.47. The van der Waals surface area contributed by atoms with Gasteiger partial charge in [0.2, 0.25) is 17.3 Å². The van der Waals surface area contributed by atoms with Crippen molar-refractivity contribution in [2.24, 2.45) is 0 Å². The lowest BCUT2D eigenvalue weighted by molar-refractivity contribution is 0.196. The zero-order valence-corrected chi connectivity index (χ0v) is 20.1. The molecule has 1 atom stereocenters. The van der Waals surface area contributed by atoms with Crippen molar-refractivity contribution in [2.75, 3.05) is 11.1 Å². The molecule has 2 aromatic heterocycles. The molecule has 0 spiro atoms. The number of fused-ring (bicyclic) bond motifs is 3. The van der Waals surface area contributed by atoms with Crippen LogP contribution in [-0.4, -0.2) is 20.9 Å². The summed E-state index contributed by atoms with van der Waals surface area (Å²) in [4.78, 5) is 4.65. The van der Waals surface area contributed by atoms with Crippen LogP contribution in [0.5, 0.6) is 5.88 Å². The number of rotatable bonds is 6. The first-order chi connectivity index (χ1) is 16.1. The Morgan fingerprint density at radius 1 is 1.09 bits per heavy atom. The second-order valence-electron chi connectivity index (χ2n) is 7.49. The summed E-state index contributed by atoms with van der Waals surface area (Å²) in [6, 6.07) is 15.7. The number of anilines is 1. The molecule has 1 aliphatic rings. The van der Waals surface area contributed by atoms with E-state index >= 15 is 0 Å². The molecule has 0 fully saturated rings. The third-order valence-corrected chi connectivity index (χ3v) is 6.55. The van der Waals surface area contributed by atoms with Crippen molar-refractivity contribution in [3.8, 4) is 28.5 Å². The molecule has 33 heavy (non-hydrogen) atoms. The Kier molecular flexibility index (Phi) is 6.32. The van der Waals surface area contributed by atoms with Gasteiger partial charge in [0.15, 0.2) is 11.5 Å². The first-order valence-corrected chi connectivity index (χ1v) is 12.3. The van der Waals surface area contributed by atoms with Gasteiger partial charge >= 0.3 is 0 Å². The van der Waals surface area contributed by atoms with Crippen LogP contribution in [0.4, 0.5) is 10.1 Å². The molecule has 0 unspecified atom stereocenters. The molecule has 5 rings (SSSR count). The highest BCUT2D eigenvalue weighted by atomic mass is 79.9. The standard InChI is InChI=1S/C24H20BrFN4O2S/c1-2-3-12-33-24-28-23-21(29-30-24)17-13-15(25)6-9-18(17)27-22(32-23)20-11-10-19(31-20)14-4-7-16(26)8-5-14/h4-11,13,22,27H,2-3,12H2,1H3/t22-/m0/s1. The number of thioether (sulfide) groups is 1. The van der Waals surface area contributed by atoms with Gasteiger partial charge in [-0.3, -0.25) is 0 Å². The van der Waals surface area contributed by atoms with E-state index in [0.717, 1.165) is 39.9 Å². The zero-order chi connectivity index (χ0) is 22.8. The van der Waals surface area contributed by atoms with E-state index in [2.05, 4.69) is 43.4 Å². The van der Waals surface area contributed by atoms with Gasteiger partial charge in [-0.1, -0.05) is 41.0 Å². The molecule has 0 saturated heterocycles. The summed E-state index contributed by atoms with van der Waals surface area (Å²) in [6.45, 7) is 2.15. The van der Waals surface area contributed by atoms with Crippen LogP contribution in [-0.2, 0) is 0 Å². The number of aromatic nitrogens is 3. The predicted octanol–water partition coefficient (Wildman–Crippen LogP) is 7.10. The number of nitrogens with zero attached hydrogens (tertiary/aromatic N) is 3. The molecular formula is C24H20BrFN4O2S. The molecule has 4 aromatic rings. The number of ether oxygens (including phenoxy) is 1. The van der Waals surface area contributed by atoms with Gasteiger partial charge < -0.3 is 14.5 Å². The topological polar surface area (TPSA) is 73.1 Å². The van der Waals surface area contributed by atoms with Crippen LogP contribution in [0.25, 0.3) is 22.6 Å². The fraction of sp³-hybridized carbons (Fsp3) is 0.208. The maximum absolute atomic E-state index is 13.3. The van der Waals surface area contributed by atoms with Crippen LogP contribution in [0.1, 0.15) is 31.8 Å². The third kappa shape index (κ3) is 4.74. The molecule has 6 nitrogen and oxygen atoms in total. The number of furan rings is 1. The lowest BCUT2D eigenvalue weighted by Crippen LogP contribution is -2.16. The second kappa shape index (κ2) is 9.52. The Labute approximate surface area is 203 Å². The summed E-state index contributed by atoms with van der Waals surface area (Å²) < 4.78 is 26.6.